The highest BCUT2D eigenvalue weighted by atomic mass is 16.5. The van der Waals surface area contributed by atoms with Crippen molar-refractivity contribution in [1.29, 1.82) is 0 Å². The standard InChI is InChI=1S/C21H27N3O4/c1-23-10-11-24-18(14-23)20(25)22-13-16-6-4-5-15(28-16)9-12-27-19-8-3-2-7-17(19)21(24)26/h2-4,6-8,15-16,18H,5,9-14H2,1H3,(H,22,25)/t15-,16-,18-/m0/s1. The van der Waals surface area contributed by atoms with Gasteiger partial charge in [0.15, 0.2) is 0 Å². The minimum absolute atomic E-state index is 0.0509. The smallest absolute Gasteiger partial charge is 0.258 e. The molecule has 7 heteroatoms. The zero-order valence-electron chi connectivity index (χ0n) is 16.2. The molecule has 0 aliphatic carbocycles. The second-order valence-electron chi connectivity index (χ2n) is 7.62. The highest BCUT2D eigenvalue weighted by molar-refractivity contribution is 6.00. The number of piperazine rings is 1. The van der Waals surface area contributed by atoms with Gasteiger partial charge in [-0.25, -0.2) is 0 Å². The van der Waals surface area contributed by atoms with Crippen molar-refractivity contribution in [2.24, 2.45) is 0 Å². The molecule has 3 aliphatic rings. The minimum Gasteiger partial charge on any atom is -0.493 e. The number of hydrogen-bond donors (Lipinski definition) is 1. The number of ether oxygens (including phenoxy) is 2. The molecule has 7 nitrogen and oxygen atoms in total. The van der Waals surface area contributed by atoms with Crippen molar-refractivity contribution in [2.75, 3.05) is 39.8 Å². The molecule has 1 aromatic rings. The molecule has 2 amide bonds. The number of fused-ring (bicyclic) bond motifs is 4. The summed E-state index contributed by atoms with van der Waals surface area (Å²) in [4.78, 5) is 30.0. The monoisotopic (exact) mass is 385 g/mol. The van der Waals surface area contributed by atoms with E-state index >= 15 is 0 Å². The SMILES string of the molecule is CN1CCN2C(=O)c3ccccc3OCC[C@@H]3CC=C[C@@H](CNC(=O)[C@@H]2C1)O3. The van der Waals surface area contributed by atoms with Crippen LogP contribution < -0.4 is 10.1 Å². The van der Waals surface area contributed by atoms with Crippen LogP contribution in [0.2, 0.25) is 0 Å². The first kappa shape index (κ1) is 19.0. The topological polar surface area (TPSA) is 71.1 Å². The fourth-order valence-corrected chi connectivity index (χ4v) is 3.96. The number of amides is 2. The van der Waals surface area contributed by atoms with Crippen molar-refractivity contribution in [3.8, 4) is 5.75 Å². The predicted molar refractivity (Wildman–Crippen MR) is 104 cm³/mol. The number of hydrogen-bond acceptors (Lipinski definition) is 5. The lowest BCUT2D eigenvalue weighted by atomic mass is 10.1. The molecule has 1 aromatic carbocycles. The molecule has 4 rings (SSSR count). The molecule has 150 valence electrons. The molecular weight excluding hydrogens is 358 g/mol. The van der Waals surface area contributed by atoms with Crippen LogP contribution in [0.3, 0.4) is 0 Å². The quantitative estimate of drug-likeness (QED) is 0.676. The Kier molecular flexibility index (Phi) is 5.64. The van der Waals surface area contributed by atoms with Crippen LogP contribution >= 0.6 is 0 Å². The number of nitrogens with zero attached hydrogens (tertiary/aromatic N) is 2. The molecule has 0 aromatic heterocycles. The Morgan fingerprint density at radius 1 is 1.18 bits per heavy atom. The van der Waals surface area contributed by atoms with Crippen LogP contribution in [-0.2, 0) is 9.53 Å². The number of carbonyl (C=O) groups excluding carboxylic acids is 2. The van der Waals surface area contributed by atoms with Crippen molar-refractivity contribution < 1.29 is 19.1 Å². The van der Waals surface area contributed by atoms with E-state index in [0.29, 0.717) is 37.6 Å². The fourth-order valence-electron chi connectivity index (χ4n) is 3.96. The van der Waals surface area contributed by atoms with Crippen LogP contribution in [-0.4, -0.2) is 79.7 Å². The maximum Gasteiger partial charge on any atom is 0.258 e. The van der Waals surface area contributed by atoms with Crippen molar-refractivity contribution in [1.82, 2.24) is 15.1 Å². The van der Waals surface area contributed by atoms with E-state index in [4.69, 9.17) is 9.47 Å². The van der Waals surface area contributed by atoms with E-state index in [1.165, 1.54) is 0 Å². The zero-order valence-corrected chi connectivity index (χ0v) is 16.2. The average molecular weight is 385 g/mol. The predicted octanol–water partition coefficient (Wildman–Crippen LogP) is 1.06. The second kappa shape index (κ2) is 8.32. The Morgan fingerprint density at radius 3 is 2.93 bits per heavy atom. The van der Waals surface area contributed by atoms with Crippen LogP contribution in [0.1, 0.15) is 23.2 Å². The lowest BCUT2D eigenvalue weighted by Crippen LogP contribution is -2.60. The molecule has 0 unspecified atom stereocenters. The second-order valence-corrected chi connectivity index (χ2v) is 7.62. The molecule has 2 bridgehead atoms. The molecule has 1 saturated heterocycles. The molecule has 3 heterocycles. The lowest BCUT2D eigenvalue weighted by Gasteiger charge is -2.39. The van der Waals surface area contributed by atoms with Gasteiger partial charge in [-0.1, -0.05) is 24.3 Å². The van der Waals surface area contributed by atoms with Crippen LogP contribution in [0.25, 0.3) is 0 Å². The molecule has 1 N–H and O–H groups in total. The maximum atomic E-state index is 13.3. The van der Waals surface area contributed by atoms with Gasteiger partial charge < -0.3 is 24.6 Å². The first-order valence-corrected chi connectivity index (χ1v) is 9.93. The maximum absolute atomic E-state index is 13.3. The van der Waals surface area contributed by atoms with Gasteiger partial charge in [0.25, 0.3) is 5.91 Å². The Morgan fingerprint density at radius 2 is 2.04 bits per heavy atom. The van der Waals surface area contributed by atoms with Gasteiger partial charge in [-0.05, 0) is 25.6 Å². The van der Waals surface area contributed by atoms with Gasteiger partial charge in [0, 0.05) is 32.6 Å². The van der Waals surface area contributed by atoms with E-state index in [9.17, 15) is 9.59 Å². The molecule has 3 aliphatic heterocycles. The summed E-state index contributed by atoms with van der Waals surface area (Å²) in [6.45, 7) is 2.63. The number of para-hydroxylation sites is 1. The summed E-state index contributed by atoms with van der Waals surface area (Å²) in [5.74, 6) is 0.261. The van der Waals surface area contributed by atoms with Crippen molar-refractivity contribution in [3.63, 3.8) is 0 Å². The highest BCUT2D eigenvalue weighted by Gasteiger charge is 2.36. The van der Waals surface area contributed by atoms with Gasteiger partial charge in [0.2, 0.25) is 5.91 Å². The van der Waals surface area contributed by atoms with E-state index in [1.54, 1.807) is 11.0 Å². The number of benzene rings is 1. The van der Waals surface area contributed by atoms with Crippen molar-refractivity contribution in [2.45, 2.75) is 31.1 Å². The van der Waals surface area contributed by atoms with Crippen LogP contribution in [0, 0.1) is 0 Å². The Hall–Kier alpha value is -2.38. The van der Waals surface area contributed by atoms with E-state index < -0.39 is 6.04 Å². The molecular formula is C21H27N3O4. The van der Waals surface area contributed by atoms with Crippen LogP contribution in [0.5, 0.6) is 5.75 Å². The largest absolute Gasteiger partial charge is 0.493 e. The number of rotatable bonds is 0. The molecule has 1 fully saturated rings. The van der Waals surface area contributed by atoms with Crippen LogP contribution in [0.15, 0.2) is 36.4 Å². The Balaban J connectivity index is 1.65. The summed E-state index contributed by atoms with van der Waals surface area (Å²) in [5, 5.41) is 2.99. The normalized spacial score (nSPS) is 29.2. The van der Waals surface area contributed by atoms with E-state index in [1.807, 2.05) is 31.3 Å². The lowest BCUT2D eigenvalue weighted by molar-refractivity contribution is -0.128. The fraction of sp³-hybridized carbons (Fsp3) is 0.524. The molecule has 0 radical (unpaired) electrons. The molecule has 3 atom stereocenters. The Bertz CT molecular complexity index is 766. The average Bonchev–Trinajstić information content (AvgIpc) is 2.71. The summed E-state index contributed by atoms with van der Waals surface area (Å²) >= 11 is 0. The van der Waals surface area contributed by atoms with E-state index in [0.717, 1.165) is 19.4 Å². The van der Waals surface area contributed by atoms with Gasteiger partial charge in [-0.3, -0.25) is 9.59 Å². The molecule has 0 saturated carbocycles. The van der Waals surface area contributed by atoms with E-state index in [-0.39, 0.29) is 24.0 Å². The third kappa shape index (κ3) is 4.05. The van der Waals surface area contributed by atoms with Gasteiger partial charge >= 0.3 is 0 Å². The first-order chi connectivity index (χ1) is 13.6. The summed E-state index contributed by atoms with van der Waals surface area (Å²) in [5.41, 5.74) is 0.504. The number of nitrogens with one attached hydrogen (secondary N) is 1. The van der Waals surface area contributed by atoms with E-state index in [2.05, 4.69) is 16.3 Å². The van der Waals surface area contributed by atoms with Gasteiger partial charge in [-0.2, -0.15) is 0 Å². The van der Waals surface area contributed by atoms with Gasteiger partial charge in [0.1, 0.15) is 11.8 Å². The van der Waals surface area contributed by atoms with Gasteiger partial charge in [0.05, 0.1) is 24.4 Å². The summed E-state index contributed by atoms with van der Waals surface area (Å²) in [6, 6.07) is 6.74. The first-order valence-electron chi connectivity index (χ1n) is 9.93. The minimum atomic E-state index is -0.536. The highest BCUT2D eigenvalue weighted by Crippen LogP contribution is 2.24. The number of likely N-dealkylation sites (N-methyl/N-ethyl adjacent to an activating group) is 1. The van der Waals surface area contributed by atoms with Crippen molar-refractivity contribution >= 4 is 11.8 Å². The Labute approximate surface area is 165 Å². The summed E-state index contributed by atoms with van der Waals surface area (Å²) in [6.07, 6.45) is 5.56. The third-order valence-corrected chi connectivity index (χ3v) is 5.56. The van der Waals surface area contributed by atoms with Crippen LogP contribution in [0.4, 0.5) is 0 Å². The molecule has 0 spiro atoms. The zero-order chi connectivity index (χ0) is 19.5. The van der Waals surface area contributed by atoms with Crippen molar-refractivity contribution in [3.05, 3.63) is 42.0 Å². The summed E-state index contributed by atoms with van der Waals surface area (Å²) in [7, 11) is 1.97. The number of carbonyl (C=O) groups is 2. The van der Waals surface area contributed by atoms with Gasteiger partial charge in [-0.15, -0.1) is 0 Å². The molecule has 28 heavy (non-hydrogen) atoms. The third-order valence-electron chi connectivity index (χ3n) is 5.56. The summed E-state index contributed by atoms with van der Waals surface area (Å²) < 4.78 is 12.0.